The molecule has 3 rings (SSSR count). The van der Waals surface area contributed by atoms with Gasteiger partial charge in [-0.25, -0.2) is 0 Å². The second-order valence-corrected chi connectivity index (χ2v) is 5.30. The second-order valence-electron chi connectivity index (χ2n) is 5.30. The molecule has 7 heteroatoms. The van der Waals surface area contributed by atoms with Crippen LogP contribution in [0.25, 0.3) is 11.3 Å². The van der Waals surface area contributed by atoms with Crippen molar-refractivity contribution in [1.82, 2.24) is 20.5 Å². The number of H-pyrrole nitrogens is 2. The van der Waals surface area contributed by atoms with Crippen LogP contribution < -0.4 is 10.9 Å². The minimum absolute atomic E-state index is 0.153. The highest BCUT2D eigenvalue weighted by atomic mass is 16.3. The Hall–Kier alpha value is -3.09. The molecule has 0 fully saturated rings. The number of nitrogens with one attached hydrogen (secondary N) is 3. The number of aryl methyl sites for hydroxylation is 2. The Morgan fingerprint density at radius 2 is 2.17 bits per heavy atom. The number of aromatic nitrogens is 3. The van der Waals surface area contributed by atoms with E-state index in [0.717, 1.165) is 16.8 Å². The van der Waals surface area contributed by atoms with Crippen molar-refractivity contribution in [2.75, 3.05) is 0 Å². The summed E-state index contributed by atoms with van der Waals surface area (Å²) >= 11 is 0. The van der Waals surface area contributed by atoms with E-state index in [-0.39, 0.29) is 18.0 Å². The molecule has 0 atom stereocenters. The number of hydrogen-bond donors (Lipinski definition) is 3. The van der Waals surface area contributed by atoms with Crippen LogP contribution in [0.2, 0.25) is 0 Å². The Morgan fingerprint density at radius 3 is 2.87 bits per heavy atom. The maximum absolute atomic E-state index is 12.2. The van der Waals surface area contributed by atoms with E-state index in [1.807, 2.05) is 19.9 Å². The van der Waals surface area contributed by atoms with E-state index in [4.69, 9.17) is 4.42 Å². The van der Waals surface area contributed by atoms with Crippen LogP contribution in [0.5, 0.6) is 0 Å². The summed E-state index contributed by atoms with van der Waals surface area (Å²) < 4.78 is 4.99. The zero-order valence-corrected chi connectivity index (χ0v) is 12.8. The minimum Gasteiger partial charge on any atom is -0.472 e. The van der Waals surface area contributed by atoms with E-state index in [2.05, 4.69) is 20.5 Å². The number of hydrogen-bond acceptors (Lipinski definition) is 4. The van der Waals surface area contributed by atoms with Crippen LogP contribution in [0, 0.1) is 13.8 Å². The Balaban J connectivity index is 1.72. The number of amides is 1. The van der Waals surface area contributed by atoms with Crippen molar-refractivity contribution in [3.63, 3.8) is 0 Å². The molecule has 3 aromatic rings. The first kappa shape index (κ1) is 14.8. The molecular weight excluding hydrogens is 296 g/mol. The van der Waals surface area contributed by atoms with Crippen molar-refractivity contribution >= 4 is 5.91 Å². The van der Waals surface area contributed by atoms with E-state index >= 15 is 0 Å². The van der Waals surface area contributed by atoms with E-state index in [0.29, 0.717) is 17.0 Å². The van der Waals surface area contributed by atoms with Crippen LogP contribution in [0.3, 0.4) is 0 Å². The van der Waals surface area contributed by atoms with Crippen molar-refractivity contribution < 1.29 is 9.21 Å². The molecule has 0 bridgehead atoms. The number of carbonyl (C=O) groups excluding carboxylic acids is 1. The summed E-state index contributed by atoms with van der Waals surface area (Å²) in [4.78, 5) is 26.8. The van der Waals surface area contributed by atoms with Gasteiger partial charge in [-0.2, -0.15) is 5.10 Å². The van der Waals surface area contributed by atoms with Crippen LogP contribution in [0.15, 0.2) is 39.9 Å². The first-order valence-electron chi connectivity index (χ1n) is 7.10. The lowest BCUT2D eigenvalue weighted by atomic mass is 10.1. The van der Waals surface area contributed by atoms with Gasteiger partial charge in [-0.05, 0) is 37.6 Å². The highest BCUT2D eigenvalue weighted by Crippen LogP contribution is 2.17. The van der Waals surface area contributed by atoms with Gasteiger partial charge in [-0.15, -0.1) is 0 Å². The van der Waals surface area contributed by atoms with E-state index in [1.165, 1.54) is 6.26 Å². The molecule has 0 saturated carbocycles. The predicted octanol–water partition coefficient (Wildman–Crippen LogP) is 1.90. The first-order valence-corrected chi connectivity index (χ1v) is 7.10. The molecule has 0 aromatic carbocycles. The largest absolute Gasteiger partial charge is 0.472 e. The molecule has 0 aliphatic carbocycles. The topological polar surface area (TPSA) is 104 Å². The third kappa shape index (κ3) is 3.08. The summed E-state index contributed by atoms with van der Waals surface area (Å²) in [5.41, 5.74) is 3.71. The predicted molar refractivity (Wildman–Crippen MR) is 84.0 cm³/mol. The standard InChI is InChI=1S/C16H16N4O3/c1-9-5-10(2)18-15(21)12(9)7-17-16(22)14-6-13(19-20-14)11-3-4-23-8-11/h3-6,8H,7H2,1-2H3,(H,17,22)(H,18,21)(H,19,20). The molecule has 7 nitrogen and oxygen atoms in total. The quantitative estimate of drug-likeness (QED) is 0.684. The Labute approximate surface area is 131 Å². The van der Waals surface area contributed by atoms with Gasteiger partial charge in [0.25, 0.3) is 11.5 Å². The van der Waals surface area contributed by atoms with Gasteiger partial charge in [-0.3, -0.25) is 14.7 Å². The Bertz CT molecular complexity index is 890. The maximum Gasteiger partial charge on any atom is 0.269 e. The van der Waals surface area contributed by atoms with Crippen molar-refractivity contribution in [3.05, 3.63) is 63.6 Å². The number of nitrogens with zero attached hydrogens (tertiary/aromatic N) is 1. The monoisotopic (exact) mass is 312 g/mol. The smallest absolute Gasteiger partial charge is 0.269 e. The third-order valence-electron chi connectivity index (χ3n) is 3.56. The molecule has 3 N–H and O–H groups in total. The van der Waals surface area contributed by atoms with E-state index in [9.17, 15) is 9.59 Å². The number of carbonyl (C=O) groups is 1. The summed E-state index contributed by atoms with van der Waals surface area (Å²) in [7, 11) is 0. The highest BCUT2D eigenvalue weighted by Gasteiger charge is 2.13. The van der Waals surface area contributed by atoms with Gasteiger partial charge in [0.1, 0.15) is 5.69 Å². The molecule has 0 saturated heterocycles. The van der Waals surface area contributed by atoms with Crippen LogP contribution in [0.4, 0.5) is 0 Å². The fraction of sp³-hybridized carbons (Fsp3) is 0.188. The molecule has 0 spiro atoms. The van der Waals surface area contributed by atoms with E-state index in [1.54, 1.807) is 18.4 Å². The summed E-state index contributed by atoms with van der Waals surface area (Å²) in [6, 6.07) is 5.26. The van der Waals surface area contributed by atoms with Crippen molar-refractivity contribution in [3.8, 4) is 11.3 Å². The molecule has 23 heavy (non-hydrogen) atoms. The lowest BCUT2D eigenvalue weighted by Crippen LogP contribution is -2.28. The SMILES string of the molecule is Cc1cc(C)c(CNC(=O)c2cc(-c3ccoc3)n[nH]2)c(=O)[nH]1. The van der Waals surface area contributed by atoms with E-state index < -0.39 is 0 Å². The van der Waals surface area contributed by atoms with Crippen LogP contribution in [-0.4, -0.2) is 21.1 Å². The van der Waals surface area contributed by atoms with Crippen LogP contribution in [0.1, 0.15) is 27.3 Å². The third-order valence-corrected chi connectivity index (χ3v) is 3.56. The van der Waals surface area contributed by atoms with Crippen molar-refractivity contribution in [1.29, 1.82) is 0 Å². The Morgan fingerprint density at radius 1 is 1.35 bits per heavy atom. The van der Waals surface area contributed by atoms with Gasteiger partial charge >= 0.3 is 0 Å². The van der Waals surface area contributed by atoms with Gasteiger partial charge in [0.05, 0.1) is 18.2 Å². The molecule has 0 aliphatic rings. The zero-order valence-electron chi connectivity index (χ0n) is 12.8. The molecule has 3 aromatic heterocycles. The fourth-order valence-corrected chi connectivity index (χ4v) is 2.36. The summed E-state index contributed by atoms with van der Waals surface area (Å²) in [5, 5.41) is 9.47. The van der Waals surface area contributed by atoms with Crippen molar-refractivity contribution in [2.45, 2.75) is 20.4 Å². The van der Waals surface area contributed by atoms with Gasteiger partial charge in [-0.1, -0.05) is 0 Å². The van der Waals surface area contributed by atoms with Crippen LogP contribution in [-0.2, 0) is 6.54 Å². The average Bonchev–Trinajstić information content (AvgIpc) is 3.17. The van der Waals surface area contributed by atoms with Gasteiger partial charge in [0.2, 0.25) is 0 Å². The van der Waals surface area contributed by atoms with Crippen molar-refractivity contribution in [2.24, 2.45) is 0 Å². The summed E-state index contributed by atoms with van der Waals surface area (Å²) in [6.07, 6.45) is 3.09. The average molecular weight is 312 g/mol. The molecule has 1 amide bonds. The normalized spacial score (nSPS) is 10.7. The lowest BCUT2D eigenvalue weighted by Gasteiger charge is -2.07. The molecular formula is C16H16N4O3. The fourth-order valence-electron chi connectivity index (χ4n) is 2.36. The van der Waals surface area contributed by atoms with Gasteiger partial charge in [0, 0.05) is 23.4 Å². The maximum atomic E-state index is 12.2. The van der Waals surface area contributed by atoms with Gasteiger partial charge < -0.3 is 14.7 Å². The first-order chi connectivity index (χ1) is 11.0. The molecule has 0 aliphatic heterocycles. The second kappa shape index (κ2) is 5.96. The highest BCUT2D eigenvalue weighted by molar-refractivity contribution is 5.93. The zero-order chi connectivity index (χ0) is 16.4. The van der Waals surface area contributed by atoms with Gasteiger partial charge in [0.15, 0.2) is 0 Å². The number of furan rings is 1. The summed E-state index contributed by atoms with van der Waals surface area (Å²) in [6.45, 7) is 3.82. The minimum atomic E-state index is -0.327. The molecule has 0 radical (unpaired) electrons. The van der Waals surface area contributed by atoms with Crippen LogP contribution >= 0.6 is 0 Å². The number of rotatable bonds is 4. The Kier molecular flexibility index (Phi) is 3.84. The molecule has 3 heterocycles. The summed E-state index contributed by atoms with van der Waals surface area (Å²) in [5.74, 6) is -0.327. The molecule has 0 unspecified atom stereocenters. The number of aromatic amines is 2. The number of pyridine rings is 1. The molecule has 118 valence electrons. The lowest BCUT2D eigenvalue weighted by molar-refractivity contribution is 0.0945.